The van der Waals surface area contributed by atoms with Crippen LogP contribution in [0.4, 0.5) is 9.18 Å². The Morgan fingerprint density at radius 3 is 2.04 bits per heavy atom. The molecule has 0 spiro atoms. The zero-order chi connectivity index (χ0) is 19.0. The van der Waals surface area contributed by atoms with Gasteiger partial charge in [-0.25, -0.2) is 18.8 Å². The fraction of sp³-hybridized carbons (Fsp3) is 0.333. The number of hydrogen-bond acceptors (Lipinski definition) is 4. The number of rotatable bonds is 9. The second-order valence-electron chi connectivity index (χ2n) is 5.13. The summed E-state index contributed by atoms with van der Waals surface area (Å²) in [5.41, 5.74) is 0.0656. The molecule has 1 rings (SSSR count). The maximum atomic E-state index is 13.6. The summed E-state index contributed by atoms with van der Waals surface area (Å²) in [6.45, 7) is 0. The summed E-state index contributed by atoms with van der Waals surface area (Å²) in [5.74, 6) is -4.77. The molecule has 0 aliphatic heterocycles. The Morgan fingerprint density at radius 2 is 1.52 bits per heavy atom. The first kappa shape index (κ1) is 19.9. The number of hydrogen-bond donors (Lipinski definition) is 5. The monoisotopic (exact) mass is 356 g/mol. The van der Waals surface area contributed by atoms with Crippen molar-refractivity contribution in [2.24, 2.45) is 0 Å². The van der Waals surface area contributed by atoms with Crippen LogP contribution < -0.4 is 10.6 Å². The summed E-state index contributed by atoms with van der Waals surface area (Å²) in [6.07, 6.45) is -1.21. The summed E-state index contributed by atoms with van der Waals surface area (Å²) in [4.78, 5) is 44.5. The highest BCUT2D eigenvalue weighted by atomic mass is 19.1. The van der Waals surface area contributed by atoms with Crippen LogP contribution in [0.1, 0.15) is 18.4 Å². The third kappa shape index (κ3) is 6.85. The van der Waals surface area contributed by atoms with Gasteiger partial charge in [0.15, 0.2) is 0 Å². The van der Waals surface area contributed by atoms with E-state index in [2.05, 4.69) is 0 Å². The van der Waals surface area contributed by atoms with Crippen molar-refractivity contribution in [3.8, 4) is 0 Å². The Hall–Kier alpha value is -3.17. The van der Waals surface area contributed by atoms with Crippen LogP contribution in [0.5, 0.6) is 0 Å². The Morgan fingerprint density at radius 1 is 0.960 bits per heavy atom. The molecule has 0 aliphatic rings. The number of urea groups is 1. The lowest BCUT2D eigenvalue weighted by Crippen LogP contribution is -2.51. The molecule has 0 aliphatic carbocycles. The van der Waals surface area contributed by atoms with E-state index in [0.29, 0.717) is 0 Å². The van der Waals surface area contributed by atoms with Gasteiger partial charge in [-0.05, 0) is 18.1 Å². The highest BCUT2D eigenvalue weighted by Gasteiger charge is 2.25. The van der Waals surface area contributed by atoms with Crippen molar-refractivity contribution in [1.29, 1.82) is 0 Å². The van der Waals surface area contributed by atoms with Crippen LogP contribution in [0.25, 0.3) is 0 Å². The number of nitrogens with one attached hydrogen (secondary N) is 2. The van der Waals surface area contributed by atoms with Gasteiger partial charge in [-0.1, -0.05) is 18.2 Å². The molecule has 9 nitrogen and oxygen atoms in total. The van der Waals surface area contributed by atoms with E-state index < -0.39 is 48.3 Å². The molecule has 2 amide bonds. The van der Waals surface area contributed by atoms with Gasteiger partial charge in [0, 0.05) is 12.8 Å². The van der Waals surface area contributed by atoms with E-state index in [1.807, 2.05) is 10.6 Å². The molecule has 0 radical (unpaired) electrons. The average molecular weight is 356 g/mol. The summed E-state index contributed by atoms with van der Waals surface area (Å²) in [7, 11) is 0. The predicted octanol–water partition coefficient (Wildman–Crippen LogP) is 0.439. The van der Waals surface area contributed by atoms with Crippen molar-refractivity contribution in [3.05, 3.63) is 35.6 Å². The minimum Gasteiger partial charge on any atom is -0.481 e. The largest absolute Gasteiger partial charge is 0.481 e. The molecule has 0 bridgehead atoms. The Kier molecular flexibility index (Phi) is 7.32. The van der Waals surface area contributed by atoms with Gasteiger partial charge in [0.05, 0.1) is 0 Å². The van der Waals surface area contributed by atoms with E-state index >= 15 is 0 Å². The number of carbonyl (C=O) groups is 4. The summed E-state index contributed by atoms with van der Waals surface area (Å²) < 4.78 is 13.6. The third-order valence-electron chi connectivity index (χ3n) is 3.24. The standard InChI is InChI=1S/C15H17FN2O7/c16-9-4-2-1-3-8(9)7-11(14(23)24)18-15(25)17-10(13(21)22)5-6-12(19)20/h1-4,10-11H,5-7H2,(H,19,20)(H,21,22)(H,23,24)(H2,17,18,25). The minimum absolute atomic E-state index is 0.0656. The van der Waals surface area contributed by atoms with Gasteiger partial charge in [-0.15, -0.1) is 0 Å². The van der Waals surface area contributed by atoms with Crippen LogP contribution in [-0.2, 0) is 20.8 Å². The highest BCUT2D eigenvalue weighted by Crippen LogP contribution is 2.09. The molecule has 1 aromatic rings. The fourth-order valence-corrected chi connectivity index (χ4v) is 1.97. The molecule has 5 N–H and O–H groups in total. The second-order valence-corrected chi connectivity index (χ2v) is 5.13. The van der Waals surface area contributed by atoms with E-state index in [9.17, 15) is 23.6 Å². The van der Waals surface area contributed by atoms with Crippen LogP contribution in [0.3, 0.4) is 0 Å². The lowest BCUT2D eigenvalue weighted by molar-refractivity contribution is -0.140. The van der Waals surface area contributed by atoms with Crippen LogP contribution in [0.2, 0.25) is 0 Å². The van der Waals surface area contributed by atoms with E-state index in [4.69, 9.17) is 15.3 Å². The molecule has 136 valence electrons. The Bertz CT molecular complexity index is 665. The average Bonchev–Trinajstić information content (AvgIpc) is 2.52. The van der Waals surface area contributed by atoms with Crippen molar-refractivity contribution in [2.75, 3.05) is 0 Å². The SMILES string of the molecule is O=C(O)CCC(NC(=O)NC(Cc1ccccc1F)C(=O)O)C(=O)O. The topological polar surface area (TPSA) is 153 Å². The van der Waals surface area contributed by atoms with Gasteiger partial charge in [-0.3, -0.25) is 4.79 Å². The van der Waals surface area contributed by atoms with Crippen LogP contribution in [0, 0.1) is 5.82 Å². The maximum absolute atomic E-state index is 13.6. The first-order chi connectivity index (χ1) is 11.7. The molecule has 0 aromatic heterocycles. The zero-order valence-corrected chi connectivity index (χ0v) is 12.9. The van der Waals surface area contributed by atoms with E-state index in [1.165, 1.54) is 18.2 Å². The normalized spacial score (nSPS) is 12.7. The second kappa shape index (κ2) is 9.21. The predicted molar refractivity (Wildman–Crippen MR) is 81.5 cm³/mol. The van der Waals surface area contributed by atoms with Gasteiger partial charge in [0.25, 0.3) is 0 Å². The van der Waals surface area contributed by atoms with Crippen LogP contribution in [-0.4, -0.2) is 51.3 Å². The molecule has 1 aromatic carbocycles. The molecule has 2 atom stereocenters. The van der Waals surface area contributed by atoms with Gasteiger partial charge >= 0.3 is 23.9 Å². The molecule has 0 saturated heterocycles. The van der Waals surface area contributed by atoms with Gasteiger partial charge in [0.1, 0.15) is 17.9 Å². The summed E-state index contributed by atoms with van der Waals surface area (Å²) in [6, 6.07) is 1.32. The number of halogens is 1. The molecular weight excluding hydrogens is 339 g/mol. The number of carbonyl (C=O) groups excluding carboxylic acids is 1. The number of carboxylic acids is 3. The van der Waals surface area contributed by atoms with E-state index in [0.717, 1.165) is 6.07 Å². The maximum Gasteiger partial charge on any atom is 0.326 e. The molecule has 25 heavy (non-hydrogen) atoms. The van der Waals surface area contributed by atoms with Crippen molar-refractivity contribution >= 4 is 23.9 Å². The highest BCUT2D eigenvalue weighted by molar-refractivity contribution is 5.86. The van der Waals surface area contributed by atoms with Gasteiger partial charge in [0.2, 0.25) is 0 Å². The third-order valence-corrected chi connectivity index (χ3v) is 3.24. The van der Waals surface area contributed by atoms with Crippen molar-refractivity contribution in [3.63, 3.8) is 0 Å². The van der Waals surface area contributed by atoms with Crippen LogP contribution in [0.15, 0.2) is 24.3 Å². The number of benzene rings is 1. The van der Waals surface area contributed by atoms with Gasteiger partial charge in [-0.2, -0.15) is 0 Å². The Labute approximate surface area is 141 Å². The number of aliphatic carboxylic acids is 3. The van der Waals surface area contributed by atoms with E-state index in [-0.39, 0.29) is 18.4 Å². The molecule has 0 saturated carbocycles. The quantitative estimate of drug-likeness (QED) is 0.430. The molecule has 2 unspecified atom stereocenters. The first-order valence-electron chi connectivity index (χ1n) is 7.18. The fourth-order valence-electron chi connectivity index (χ4n) is 1.97. The smallest absolute Gasteiger partial charge is 0.326 e. The van der Waals surface area contributed by atoms with Crippen molar-refractivity contribution < 1.29 is 38.9 Å². The summed E-state index contributed by atoms with van der Waals surface area (Å²) in [5, 5.41) is 30.7. The lowest BCUT2D eigenvalue weighted by Gasteiger charge is -2.18. The Balaban J connectivity index is 2.72. The van der Waals surface area contributed by atoms with Gasteiger partial charge < -0.3 is 26.0 Å². The molecule has 10 heteroatoms. The minimum atomic E-state index is -1.50. The van der Waals surface area contributed by atoms with Crippen molar-refractivity contribution in [1.82, 2.24) is 10.6 Å². The number of amides is 2. The van der Waals surface area contributed by atoms with E-state index in [1.54, 1.807) is 0 Å². The van der Waals surface area contributed by atoms with Crippen LogP contribution >= 0.6 is 0 Å². The summed E-state index contributed by atoms with van der Waals surface area (Å²) >= 11 is 0. The van der Waals surface area contributed by atoms with Crippen molar-refractivity contribution in [2.45, 2.75) is 31.3 Å². The lowest BCUT2D eigenvalue weighted by atomic mass is 10.1. The molecular formula is C15H17FN2O7. The first-order valence-corrected chi connectivity index (χ1v) is 7.18. The molecule has 0 heterocycles. The zero-order valence-electron chi connectivity index (χ0n) is 12.9. The molecule has 0 fully saturated rings. The number of carboxylic acid groups (broad SMARTS) is 3.